The van der Waals surface area contributed by atoms with Crippen molar-refractivity contribution in [2.75, 3.05) is 0 Å². The van der Waals surface area contributed by atoms with E-state index in [9.17, 15) is 4.79 Å². The lowest BCUT2D eigenvalue weighted by atomic mass is 9.89. The zero-order valence-electron chi connectivity index (χ0n) is 7.77. The van der Waals surface area contributed by atoms with Gasteiger partial charge in [-0.1, -0.05) is 41.5 Å². The molecule has 3 heteroatoms. The third-order valence-corrected chi connectivity index (χ3v) is 2.72. The summed E-state index contributed by atoms with van der Waals surface area (Å²) in [4.78, 5) is 14.9. The van der Waals surface area contributed by atoms with Crippen LogP contribution in [0.1, 0.15) is 6.92 Å². The van der Waals surface area contributed by atoms with E-state index in [4.69, 9.17) is 11.6 Å². The molecule has 2 aliphatic rings. The van der Waals surface area contributed by atoms with Crippen molar-refractivity contribution in [2.24, 2.45) is 10.9 Å². The number of carbonyl (C=O) groups excluding carboxylic acids is 1. The van der Waals surface area contributed by atoms with Crippen LogP contribution in [-0.4, -0.2) is 17.5 Å². The van der Waals surface area contributed by atoms with Crippen LogP contribution >= 0.6 is 11.6 Å². The molecule has 1 heterocycles. The molecule has 2 rings (SSSR count). The molecule has 0 bridgehead atoms. The summed E-state index contributed by atoms with van der Waals surface area (Å²) in [6.07, 6.45) is 8.76. The Morgan fingerprint density at radius 2 is 2.29 bits per heavy atom. The van der Waals surface area contributed by atoms with E-state index in [1.807, 2.05) is 25.2 Å². The number of hydrogen-bond acceptors (Lipinski definition) is 2. The van der Waals surface area contributed by atoms with Gasteiger partial charge in [-0.05, 0) is 6.92 Å². The minimum atomic E-state index is 0.0647. The fourth-order valence-electron chi connectivity index (χ4n) is 1.68. The Bertz CT molecular complexity index is 390. The molecule has 0 aromatic rings. The van der Waals surface area contributed by atoms with Crippen molar-refractivity contribution in [1.29, 1.82) is 0 Å². The van der Waals surface area contributed by atoms with E-state index in [1.165, 1.54) is 5.57 Å². The van der Waals surface area contributed by atoms with Crippen molar-refractivity contribution in [2.45, 2.75) is 13.0 Å². The van der Waals surface area contributed by atoms with Gasteiger partial charge in [0.25, 0.3) is 0 Å². The van der Waals surface area contributed by atoms with Crippen LogP contribution in [0.15, 0.2) is 40.4 Å². The number of allylic oxidation sites excluding steroid dienone is 3. The number of hydrogen-bond donors (Lipinski definition) is 0. The second kappa shape index (κ2) is 3.54. The van der Waals surface area contributed by atoms with Crippen molar-refractivity contribution in [3.05, 3.63) is 35.5 Å². The summed E-state index contributed by atoms with van der Waals surface area (Å²) in [5, 5.41) is 0.318. The summed E-state index contributed by atoms with van der Waals surface area (Å²) < 4.78 is 0. The lowest BCUT2D eigenvalue weighted by Crippen LogP contribution is -2.22. The number of aliphatic imine (C=N–C) groups is 1. The summed E-state index contributed by atoms with van der Waals surface area (Å²) in [6.45, 7) is 2.03. The molecule has 0 aromatic carbocycles. The van der Waals surface area contributed by atoms with Crippen LogP contribution in [0.3, 0.4) is 0 Å². The lowest BCUT2D eigenvalue weighted by molar-refractivity contribution is -0.104. The summed E-state index contributed by atoms with van der Waals surface area (Å²) in [5.41, 5.74) is 1.69. The molecule has 2 unspecified atom stereocenters. The maximum absolute atomic E-state index is 10.7. The number of fused-ring (bicyclic) bond motifs is 1. The molecule has 1 aliphatic heterocycles. The van der Waals surface area contributed by atoms with E-state index >= 15 is 0 Å². The smallest absolute Gasteiger partial charge is 0.152 e. The van der Waals surface area contributed by atoms with Gasteiger partial charge in [0.1, 0.15) is 5.17 Å². The molecule has 2 atom stereocenters. The molecule has 0 N–H and O–H groups in total. The molecule has 0 amide bonds. The first-order valence-corrected chi connectivity index (χ1v) is 4.86. The standard InChI is InChI=1S/C11H10ClNO/c1-7-2-3-10-8(4-7)5-9(6-14)11(12)13-10/h2-6,8,10H,1H3. The zero-order chi connectivity index (χ0) is 10.1. The fourth-order valence-corrected chi connectivity index (χ4v) is 1.90. The Balaban J connectivity index is 2.36. The highest BCUT2D eigenvalue weighted by Crippen LogP contribution is 2.27. The number of aldehydes is 1. The Morgan fingerprint density at radius 3 is 3.00 bits per heavy atom. The topological polar surface area (TPSA) is 29.4 Å². The van der Waals surface area contributed by atoms with Crippen LogP contribution < -0.4 is 0 Å². The predicted octanol–water partition coefficient (Wildman–Crippen LogP) is 2.26. The lowest BCUT2D eigenvalue weighted by Gasteiger charge is -2.23. The Labute approximate surface area is 87.7 Å². The first-order valence-electron chi connectivity index (χ1n) is 4.48. The maximum Gasteiger partial charge on any atom is 0.152 e. The molecular weight excluding hydrogens is 198 g/mol. The third kappa shape index (κ3) is 1.58. The van der Waals surface area contributed by atoms with E-state index in [1.54, 1.807) is 0 Å². The van der Waals surface area contributed by atoms with Crippen LogP contribution in [0.2, 0.25) is 0 Å². The van der Waals surface area contributed by atoms with E-state index in [2.05, 4.69) is 11.1 Å². The van der Waals surface area contributed by atoms with Gasteiger partial charge in [-0.2, -0.15) is 0 Å². The molecule has 14 heavy (non-hydrogen) atoms. The molecular formula is C11H10ClNO. The van der Waals surface area contributed by atoms with Gasteiger partial charge < -0.3 is 0 Å². The minimum Gasteiger partial charge on any atom is -0.298 e. The first-order chi connectivity index (χ1) is 6.70. The Hall–Kier alpha value is -1.15. The molecule has 72 valence electrons. The van der Waals surface area contributed by atoms with Crippen LogP contribution in [0.5, 0.6) is 0 Å². The number of dihydropyridines is 1. The van der Waals surface area contributed by atoms with Gasteiger partial charge >= 0.3 is 0 Å². The van der Waals surface area contributed by atoms with Gasteiger partial charge in [-0.25, -0.2) is 0 Å². The maximum atomic E-state index is 10.7. The number of carbonyl (C=O) groups is 1. The fraction of sp³-hybridized carbons (Fsp3) is 0.273. The number of nitrogens with zero attached hydrogens (tertiary/aromatic N) is 1. The van der Waals surface area contributed by atoms with E-state index in [-0.39, 0.29) is 12.0 Å². The van der Waals surface area contributed by atoms with Crippen LogP contribution in [-0.2, 0) is 4.79 Å². The van der Waals surface area contributed by atoms with Gasteiger partial charge in [-0.3, -0.25) is 9.79 Å². The molecule has 0 aromatic heterocycles. The molecule has 0 fully saturated rings. The molecule has 0 saturated heterocycles. The van der Waals surface area contributed by atoms with Gasteiger partial charge in [0, 0.05) is 11.5 Å². The molecule has 0 saturated carbocycles. The van der Waals surface area contributed by atoms with Crippen molar-refractivity contribution >= 4 is 23.1 Å². The quantitative estimate of drug-likeness (QED) is 0.607. The highest BCUT2D eigenvalue weighted by Gasteiger charge is 2.23. The van der Waals surface area contributed by atoms with Gasteiger partial charge in [-0.15, -0.1) is 0 Å². The second-order valence-electron chi connectivity index (χ2n) is 3.50. The summed E-state index contributed by atoms with van der Waals surface area (Å²) in [6, 6.07) is 0.0647. The highest BCUT2D eigenvalue weighted by atomic mass is 35.5. The summed E-state index contributed by atoms with van der Waals surface area (Å²) >= 11 is 5.83. The second-order valence-corrected chi connectivity index (χ2v) is 3.86. The average Bonchev–Trinajstić information content (AvgIpc) is 2.17. The van der Waals surface area contributed by atoms with E-state index in [0.29, 0.717) is 10.7 Å². The van der Waals surface area contributed by atoms with Crippen molar-refractivity contribution in [3.63, 3.8) is 0 Å². The number of halogens is 1. The van der Waals surface area contributed by atoms with Crippen molar-refractivity contribution in [1.82, 2.24) is 0 Å². The zero-order valence-corrected chi connectivity index (χ0v) is 8.53. The first kappa shape index (κ1) is 9.41. The van der Waals surface area contributed by atoms with Gasteiger partial charge in [0.15, 0.2) is 6.29 Å². The van der Waals surface area contributed by atoms with Crippen LogP contribution in [0, 0.1) is 5.92 Å². The van der Waals surface area contributed by atoms with Crippen molar-refractivity contribution in [3.8, 4) is 0 Å². The SMILES string of the molecule is CC1=CC2C=C(C=O)C(Cl)=NC2C=C1. The van der Waals surface area contributed by atoms with Crippen LogP contribution in [0.4, 0.5) is 0 Å². The number of rotatable bonds is 1. The van der Waals surface area contributed by atoms with Crippen LogP contribution in [0.25, 0.3) is 0 Å². The van der Waals surface area contributed by atoms with E-state index < -0.39 is 0 Å². The molecule has 0 spiro atoms. The average molecular weight is 208 g/mol. The highest BCUT2D eigenvalue weighted by molar-refractivity contribution is 6.71. The van der Waals surface area contributed by atoms with Gasteiger partial charge in [0.2, 0.25) is 0 Å². The molecule has 1 aliphatic carbocycles. The van der Waals surface area contributed by atoms with Crippen molar-refractivity contribution < 1.29 is 4.79 Å². The monoisotopic (exact) mass is 207 g/mol. The third-order valence-electron chi connectivity index (χ3n) is 2.41. The summed E-state index contributed by atoms with van der Waals surface area (Å²) in [7, 11) is 0. The van der Waals surface area contributed by atoms with E-state index in [0.717, 1.165) is 6.29 Å². The largest absolute Gasteiger partial charge is 0.298 e. The minimum absolute atomic E-state index is 0.0647. The molecule has 2 nitrogen and oxygen atoms in total. The Kier molecular flexibility index (Phi) is 2.38. The Morgan fingerprint density at radius 1 is 1.50 bits per heavy atom. The normalized spacial score (nSPS) is 30.0. The predicted molar refractivity (Wildman–Crippen MR) is 57.6 cm³/mol. The van der Waals surface area contributed by atoms with Gasteiger partial charge in [0.05, 0.1) is 6.04 Å². The summed E-state index contributed by atoms with van der Waals surface area (Å²) in [5.74, 6) is 0.183. The molecule has 0 radical (unpaired) electrons.